The number of rotatable bonds is 6. The van der Waals surface area contributed by atoms with Crippen LogP contribution in [0.5, 0.6) is 0 Å². The number of ether oxygens (including phenoxy) is 1. The molecule has 1 rings (SSSR count). The van der Waals surface area contributed by atoms with E-state index in [9.17, 15) is 4.79 Å². The standard InChI is InChI=1S/C12H21NO2/c1-4-15-12(14)10(2)8-13(3)9-11-6-5-7-11/h11H,2,4-9H2,1,3H3. The molecule has 0 aliphatic heterocycles. The lowest BCUT2D eigenvalue weighted by molar-refractivity contribution is -0.138. The molecule has 0 atom stereocenters. The summed E-state index contributed by atoms with van der Waals surface area (Å²) in [4.78, 5) is 13.5. The van der Waals surface area contributed by atoms with Crippen LogP contribution in [0.4, 0.5) is 0 Å². The summed E-state index contributed by atoms with van der Waals surface area (Å²) in [6, 6.07) is 0. The van der Waals surface area contributed by atoms with Gasteiger partial charge in [-0.3, -0.25) is 0 Å². The maximum absolute atomic E-state index is 11.3. The van der Waals surface area contributed by atoms with E-state index in [2.05, 4.69) is 11.5 Å². The van der Waals surface area contributed by atoms with Gasteiger partial charge >= 0.3 is 5.97 Å². The maximum atomic E-state index is 11.3. The van der Waals surface area contributed by atoms with Gasteiger partial charge in [-0.1, -0.05) is 13.0 Å². The molecular weight excluding hydrogens is 190 g/mol. The number of hydrogen-bond acceptors (Lipinski definition) is 3. The van der Waals surface area contributed by atoms with Gasteiger partial charge < -0.3 is 9.64 Å². The minimum Gasteiger partial charge on any atom is -0.463 e. The summed E-state index contributed by atoms with van der Waals surface area (Å²) >= 11 is 0. The molecule has 1 aliphatic rings. The fourth-order valence-electron chi connectivity index (χ4n) is 1.80. The number of carbonyl (C=O) groups is 1. The summed E-state index contributed by atoms with van der Waals surface area (Å²) in [6.07, 6.45) is 4.02. The number of carbonyl (C=O) groups excluding carboxylic acids is 1. The van der Waals surface area contributed by atoms with E-state index in [1.165, 1.54) is 19.3 Å². The first-order valence-electron chi connectivity index (χ1n) is 5.67. The Kier molecular flexibility index (Phi) is 4.82. The van der Waals surface area contributed by atoms with E-state index in [4.69, 9.17) is 4.74 Å². The molecule has 0 spiro atoms. The monoisotopic (exact) mass is 211 g/mol. The first-order chi connectivity index (χ1) is 7.13. The van der Waals surface area contributed by atoms with Crippen LogP contribution < -0.4 is 0 Å². The molecule has 0 heterocycles. The summed E-state index contributed by atoms with van der Waals surface area (Å²) in [6.45, 7) is 7.67. The fourth-order valence-corrected chi connectivity index (χ4v) is 1.80. The summed E-state index contributed by atoms with van der Waals surface area (Å²) in [5, 5.41) is 0. The molecule has 0 amide bonds. The van der Waals surface area contributed by atoms with E-state index >= 15 is 0 Å². The van der Waals surface area contributed by atoms with Gasteiger partial charge in [0.15, 0.2) is 0 Å². The Morgan fingerprint density at radius 2 is 2.20 bits per heavy atom. The van der Waals surface area contributed by atoms with Crippen LogP contribution in [0, 0.1) is 5.92 Å². The van der Waals surface area contributed by atoms with E-state index in [1.54, 1.807) is 0 Å². The molecule has 0 aromatic carbocycles. The zero-order valence-electron chi connectivity index (χ0n) is 9.79. The minimum absolute atomic E-state index is 0.266. The quantitative estimate of drug-likeness (QED) is 0.496. The molecule has 1 aliphatic carbocycles. The first-order valence-corrected chi connectivity index (χ1v) is 5.67. The Labute approximate surface area is 92.1 Å². The highest BCUT2D eigenvalue weighted by Crippen LogP contribution is 2.26. The largest absolute Gasteiger partial charge is 0.463 e. The third-order valence-electron chi connectivity index (χ3n) is 2.82. The van der Waals surface area contributed by atoms with Crippen molar-refractivity contribution in [2.75, 3.05) is 26.7 Å². The molecule has 15 heavy (non-hydrogen) atoms. The second kappa shape index (κ2) is 5.91. The third kappa shape index (κ3) is 4.04. The lowest BCUT2D eigenvalue weighted by Gasteiger charge is -2.30. The maximum Gasteiger partial charge on any atom is 0.334 e. The van der Waals surface area contributed by atoms with Crippen molar-refractivity contribution in [3.63, 3.8) is 0 Å². The number of hydrogen-bond donors (Lipinski definition) is 0. The van der Waals surface area contributed by atoms with Crippen LogP contribution in [0.1, 0.15) is 26.2 Å². The summed E-state index contributed by atoms with van der Waals surface area (Å²) in [5.41, 5.74) is 0.554. The topological polar surface area (TPSA) is 29.5 Å². The molecular formula is C12H21NO2. The Morgan fingerprint density at radius 1 is 1.53 bits per heavy atom. The average Bonchev–Trinajstić information content (AvgIpc) is 2.12. The molecule has 1 fully saturated rings. The van der Waals surface area contributed by atoms with Crippen molar-refractivity contribution in [1.29, 1.82) is 0 Å². The molecule has 3 nitrogen and oxygen atoms in total. The SMILES string of the molecule is C=C(CN(C)CC1CCC1)C(=O)OCC. The Morgan fingerprint density at radius 3 is 2.67 bits per heavy atom. The molecule has 0 N–H and O–H groups in total. The van der Waals surface area contributed by atoms with E-state index in [-0.39, 0.29) is 5.97 Å². The molecule has 1 saturated carbocycles. The highest BCUT2D eigenvalue weighted by atomic mass is 16.5. The van der Waals surface area contributed by atoms with Crippen LogP contribution in [-0.4, -0.2) is 37.6 Å². The minimum atomic E-state index is -0.266. The molecule has 0 radical (unpaired) electrons. The van der Waals surface area contributed by atoms with Crippen LogP contribution in [0.25, 0.3) is 0 Å². The Balaban J connectivity index is 2.20. The van der Waals surface area contributed by atoms with Crippen LogP contribution in [0.15, 0.2) is 12.2 Å². The second-order valence-electron chi connectivity index (χ2n) is 4.32. The smallest absolute Gasteiger partial charge is 0.334 e. The van der Waals surface area contributed by atoms with E-state index < -0.39 is 0 Å². The zero-order chi connectivity index (χ0) is 11.3. The zero-order valence-corrected chi connectivity index (χ0v) is 9.79. The van der Waals surface area contributed by atoms with Gasteiger partial charge in [-0.15, -0.1) is 0 Å². The van der Waals surface area contributed by atoms with E-state index in [1.807, 2.05) is 14.0 Å². The third-order valence-corrected chi connectivity index (χ3v) is 2.82. The van der Waals surface area contributed by atoms with E-state index in [0.717, 1.165) is 12.5 Å². The van der Waals surface area contributed by atoms with Gasteiger partial charge in [-0.05, 0) is 32.7 Å². The van der Waals surface area contributed by atoms with Crippen molar-refractivity contribution in [2.45, 2.75) is 26.2 Å². The molecule has 86 valence electrons. The summed E-state index contributed by atoms with van der Waals surface area (Å²) in [5.74, 6) is 0.558. The van der Waals surface area contributed by atoms with Gasteiger partial charge in [0, 0.05) is 18.7 Å². The average molecular weight is 211 g/mol. The number of likely N-dealkylation sites (N-methyl/N-ethyl adjacent to an activating group) is 1. The lowest BCUT2D eigenvalue weighted by Crippen LogP contribution is -2.32. The van der Waals surface area contributed by atoms with Crippen LogP contribution in [-0.2, 0) is 9.53 Å². The van der Waals surface area contributed by atoms with Gasteiger partial charge in [0.1, 0.15) is 0 Å². The molecule has 0 aromatic rings. The molecule has 3 heteroatoms. The van der Waals surface area contributed by atoms with Crippen LogP contribution in [0.3, 0.4) is 0 Å². The molecule has 0 unspecified atom stereocenters. The predicted molar refractivity (Wildman–Crippen MR) is 60.6 cm³/mol. The van der Waals surface area contributed by atoms with Gasteiger partial charge in [0.05, 0.1) is 6.61 Å². The van der Waals surface area contributed by atoms with Crippen molar-refractivity contribution in [1.82, 2.24) is 4.90 Å². The van der Waals surface area contributed by atoms with Gasteiger partial charge in [0.25, 0.3) is 0 Å². The Hall–Kier alpha value is -0.830. The lowest BCUT2D eigenvalue weighted by atomic mass is 9.85. The van der Waals surface area contributed by atoms with Gasteiger partial charge in [-0.2, -0.15) is 0 Å². The highest BCUT2D eigenvalue weighted by molar-refractivity contribution is 5.88. The van der Waals surface area contributed by atoms with Crippen LogP contribution >= 0.6 is 0 Å². The van der Waals surface area contributed by atoms with Crippen molar-refractivity contribution >= 4 is 5.97 Å². The summed E-state index contributed by atoms with van der Waals surface area (Å²) in [7, 11) is 2.03. The number of nitrogens with zero attached hydrogens (tertiary/aromatic N) is 1. The van der Waals surface area contributed by atoms with Gasteiger partial charge in [0.2, 0.25) is 0 Å². The van der Waals surface area contributed by atoms with E-state index in [0.29, 0.717) is 18.7 Å². The Bertz CT molecular complexity index is 234. The second-order valence-corrected chi connectivity index (χ2v) is 4.32. The van der Waals surface area contributed by atoms with Gasteiger partial charge in [-0.25, -0.2) is 4.79 Å². The normalized spacial score (nSPS) is 16.2. The molecule has 0 aromatic heterocycles. The highest BCUT2D eigenvalue weighted by Gasteiger charge is 2.20. The van der Waals surface area contributed by atoms with Crippen LogP contribution in [0.2, 0.25) is 0 Å². The predicted octanol–water partition coefficient (Wildman–Crippen LogP) is 1.84. The number of esters is 1. The summed E-state index contributed by atoms with van der Waals surface area (Å²) < 4.78 is 4.88. The van der Waals surface area contributed by atoms with Crippen molar-refractivity contribution < 1.29 is 9.53 Å². The fraction of sp³-hybridized carbons (Fsp3) is 0.750. The first kappa shape index (κ1) is 12.2. The molecule has 0 bridgehead atoms. The van der Waals surface area contributed by atoms with Crippen molar-refractivity contribution in [3.05, 3.63) is 12.2 Å². The molecule has 0 saturated heterocycles. The van der Waals surface area contributed by atoms with Crippen molar-refractivity contribution in [3.8, 4) is 0 Å². The van der Waals surface area contributed by atoms with Crippen molar-refractivity contribution in [2.24, 2.45) is 5.92 Å².